The number of benzene rings is 1. The summed E-state index contributed by atoms with van der Waals surface area (Å²) in [6.45, 7) is 0.512. The molecule has 9 nitrogen and oxygen atoms in total. The van der Waals surface area contributed by atoms with Crippen LogP contribution in [0.1, 0.15) is 16.8 Å². The van der Waals surface area contributed by atoms with Gasteiger partial charge in [0.15, 0.2) is 0 Å². The zero-order chi connectivity index (χ0) is 17.0. The quantitative estimate of drug-likeness (QED) is 0.477. The fourth-order valence-electron chi connectivity index (χ4n) is 2.29. The number of nitro benzene ring substituents is 1. The van der Waals surface area contributed by atoms with Gasteiger partial charge in [0.25, 0.3) is 11.6 Å². The minimum Gasteiger partial charge on any atom is -0.469 e. The lowest BCUT2D eigenvalue weighted by Gasteiger charge is -2.34. The monoisotopic (exact) mass is 321 g/mol. The van der Waals surface area contributed by atoms with E-state index < -0.39 is 28.7 Å². The Morgan fingerprint density at radius 3 is 2.61 bits per heavy atom. The average molecular weight is 321 g/mol. The van der Waals surface area contributed by atoms with Crippen LogP contribution >= 0.6 is 0 Å². The maximum Gasteiger partial charge on any atom is 0.308 e. The Morgan fingerprint density at radius 2 is 2.04 bits per heavy atom. The Morgan fingerprint density at radius 1 is 1.39 bits per heavy atom. The van der Waals surface area contributed by atoms with Crippen molar-refractivity contribution in [2.75, 3.05) is 20.2 Å². The van der Waals surface area contributed by atoms with Crippen molar-refractivity contribution < 1.29 is 24.0 Å². The van der Waals surface area contributed by atoms with Crippen LogP contribution in [-0.2, 0) is 14.3 Å². The second-order valence-electron chi connectivity index (χ2n) is 4.89. The average Bonchev–Trinajstić information content (AvgIpc) is 2.56. The van der Waals surface area contributed by atoms with Gasteiger partial charge in [-0.3, -0.25) is 24.5 Å². The van der Waals surface area contributed by atoms with E-state index in [1.54, 1.807) is 0 Å². The first kappa shape index (κ1) is 16.4. The molecule has 2 rings (SSSR count). The highest BCUT2D eigenvalue weighted by atomic mass is 16.6. The smallest absolute Gasteiger partial charge is 0.308 e. The number of hydrogen-bond acceptors (Lipinski definition) is 6. The van der Waals surface area contributed by atoms with Crippen LogP contribution in [0.5, 0.6) is 0 Å². The van der Waals surface area contributed by atoms with E-state index in [9.17, 15) is 24.5 Å². The maximum atomic E-state index is 12.5. The summed E-state index contributed by atoms with van der Waals surface area (Å²) in [6.07, 6.45) is -0.249. The molecule has 1 atom stereocenters. The highest BCUT2D eigenvalue weighted by molar-refractivity contribution is 5.99. The third-order valence-electron chi connectivity index (χ3n) is 3.50. The summed E-state index contributed by atoms with van der Waals surface area (Å²) in [5, 5.41) is 13.2. The van der Waals surface area contributed by atoms with Crippen molar-refractivity contribution in [3.8, 4) is 0 Å². The van der Waals surface area contributed by atoms with Crippen molar-refractivity contribution in [3.63, 3.8) is 0 Å². The zero-order valence-corrected chi connectivity index (χ0v) is 12.4. The molecule has 1 aromatic carbocycles. The molecule has 1 saturated heterocycles. The molecule has 1 N–H and O–H groups in total. The van der Waals surface area contributed by atoms with Gasteiger partial charge < -0.3 is 15.0 Å². The highest BCUT2D eigenvalue weighted by Gasteiger charge is 2.35. The first-order valence-corrected chi connectivity index (χ1v) is 6.84. The lowest BCUT2D eigenvalue weighted by molar-refractivity contribution is -0.384. The van der Waals surface area contributed by atoms with Crippen LogP contribution in [0.3, 0.4) is 0 Å². The van der Waals surface area contributed by atoms with Crippen molar-refractivity contribution >= 4 is 23.5 Å². The molecule has 1 fully saturated rings. The molecule has 2 amide bonds. The summed E-state index contributed by atoms with van der Waals surface area (Å²) in [5.74, 6) is -1.51. The van der Waals surface area contributed by atoms with Gasteiger partial charge in [-0.1, -0.05) is 0 Å². The zero-order valence-electron chi connectivity index (χ0n) is 12.4. The number of nitrogens with one attached hydrogen (secondary N) is 1. The summed E-state index contributed by atoms with van der Waals surface area (Å²) < 4.78 is 4.55. The van der Waals surface area contributed by atoms with E-state index >= 15 is 0 Å². The molecule has 0 saturated carbocycles. The van der Waals surface area contributed by atoms with Gasteiger partial charge >= 0.3 is 5.97 Å². The SMILES string of the molecule is COC(=O)C[C@H]1C(=O)NCCN1C(=O)c1ccc([N+](=O)[O-])cc1. The van der Waals surface area contributed by atoms with Gasteiger partial charge in [-0.05, 0) is 12.1 Å². The van der Waals surface area contributed by atoms with Gasteiger partial charge in [-0.2, -0.15) is 0 Å². The maximum absolute atomic E-state index is 12.5. The van der Waals surface area contributed by atoms with Gasteiger partial charge in [0.05, 0.1) is 18.5 Å². The van der Waals surface area contributed by atoms with Gasteiger partial charge in [-0.15, -0.1) is 0 Å². The molecular weight excluding hydrogens is 306 g/mol. The molecule has 9 heteroatoms. The summed E-state index contributed by atoms with van der Waals surface area (Å²) in [6, 6.07) is 4.11. The topological polar surface area (TPSA) is 119 Å². The molecule has 0 bridgehead atoms. The molecule has 0 unspecified atom stereocenters. The minimum atomic E-state index is -0.959. The Kier molecular flexibility index (Phi) is 4.89. The number of ether oxygens (including phenoxy) is 1. The van der Waals surface area contributed by atoms with Crippen LogP contribution in [0.25, 0.3) is 0 Å². The highest BCUT2D eigenvalue weighted by Crippen LogP contribution is 2.17. The molecule has 0 aromatic heterocycles. The van der Waals surface area contributed by atoms with E-state index in [1.165, 1.54) is 36.3 Å². The number of rotatable bonds is 4. The molecule has 0 spiro atoms. The van der Waals surface area contributed by atoms with E-state index in [2.05, 4.69) is 10.1 Å². The fourth-order valence-corrected chi connectivity index (χ4v) is 2.29. The van der Waals surface area contributed by atoms with Crippen molar-refractivity contribution in [2.24, 2.45) is 0 Å². The molecule has 0 radical (unpaired) electrons. The number of piperazine rings is 1. The number of carbonyl (C=O) groups is 3. The Balaban J connectivity index is 2.21. The minimum absolute atomic E-state index is 0.135. The molecular formula is C14H15N3O6. The van der Waals surface area contributed by atoms with Crippen LogP contribution < -0.4 is 5.32 Å². The predicted molar refractivity (Wildman–Crippen MR) is 77.6 cm³/mol. The van der Waals surface area contributed by atoms with E-state index in [-0.39, 0.29) is 30.8 Å². The Hall–Kier alpha value is -2.97. The van der Waals surface area contributed by atoms with Crippen molar-refractivity contribution in [2.45, 2.75) is 12.5 Å². The number of nitro groups is 1. The standard InChI is InChI=1S/C14H15N3O6/c1-23-12(18)8-11-13(19)15-6-7-16(11)14(20)9-2-4-10(5-3-9)17(21)22/h2-5,11H,6-8H2,1H3,(H,15,19)/t11-/m0/s1. The Labute approximate surface area is 131 Å². The normalized spacial score (nSPS) is 17.3. The number of nitrogens with zero attached hydrogens (tertiary/aromatic N) is 2. The second kappa shape index (κ2) is 6.86. The number of amides is 2. The number of methoxy groups -OCH3 is 1. The van der Waals surface area contributed by atoms with Gasteiger partial charge in [0.2, 0.25) is 5.91 Å². The lowest BCUT2D eigenvalue weighted by Crippen LogP contribution is -2.57. The number of hydrogen-bond donors (Lipinski definition) is 1. The first-order valence-electron chi connectivity index (χ1n) is 6.84. The molecule has 1 aromatic rings. The fraction of sp³-hybridized carbons (Fsp3) is 0.357. The third-order valence-corrected chi connectivity index (χ3v) is 3.50. The summed E-state index contributed by atoms with van der Waals surface area (Å²) >= 11 is 0. The van der Waals surface area contributed by atoms with Crippen molar-refractivity contribution in [1.82, 2.24) is 10.2 Å². The van der Waals surface area contributed by atoms with Gasteiger partial charge in [-0.25, -0.2) is 0 Å². The number of esters is 1. The number of carbonyl (C=O) groups excluding carboxylic acids is 3. The van der Waals surface area contributed by atoms with Crippen molar-refractivity contribution in [1.29, 1.82) is 0 Å². The summed E-state index contributed by atoms with van der Waals surface area (Å²) in [7, 11) is 1.20. The molecule has 1 heterocycles. The van der Waals surface area contributed by atoms with Crippen LogP contribution in [0, 0.1) is 10.1 Å². The first-order chi connectivity index (χ1) is 10.9. The van der Waals surface area contributed by atoms with Crippen LogP contribution in [0.2, 0.25) is 0 Å². The predicted octanol–water partition coefficient (Wildman–Crippen LogP) is 0.0985. The van der Waals surface area contributed by atoms with E-state index in [0.717, 1.165) is 0 Å². The van der Waals surface area contributed by atoms with E-state index in [0.29, 0.717) is 0 Å². The molecule has 0 aliphatic carbocycles. The molecule has 1 aliphatic rings. The van der Waals surface area contributed by atoms with Crippen LogP contribution in [0.15, 0.2) is 24.3 Å². The number of non-ortho nitro benzene ring substituents is 1. The molecule has 122 valence electrons. The lowest BCUT2D eigenvalue weighted by atomic mass is 10.1. The third kappa shape index (κ3) is 3.62. The molecule has 23 heavy (non-hydrogen) atoms. The van der Waals surface area contributed by atoms with Crippen LogP contribution in [-0.4, -0.2) is 53.8 Å². The Bertz CT molecular complexity index is 642. The van der Waals surface area contributed by atoms with Gasteiger partial charge in [0, 0.05) is 30.8 Å². The van der Waals surface area contributed by atoms with Gasteiger partial charge in [0.1, 0.15) is 6.04 Å². The van der Waals surface area contributed by atoms with Crippen molar-refractivity contribution in [3.05, 3.63) is 39.9 Å². The summed E-state index contributed by atoms with van der Waals surface area (Å²) in [4.78, 5) is 47.2. The second-order valence-corrected chi connectivity index (χ2v) is 4.89. The van der Waals surface area contributed by atoms with E-state index in [1.807, 2.05) is 0 Å². The van der Waals surface area contributed by atoms with Crippen LogP contribution in [0.4, 0.5) is 5.69 Å². The largest absolute Gasteiger partial charge is 0.469 e. The summed E-state index contributed by atoms with van der Waals surface area (Å²) in [5.41, 5.74) is 0.0733. The van der Waals surface area contributed by atoms with E-state index in [4.69, 9.17) is 0 Å². The molecule has 1 aliphatic heterocycles.